The zero-order chi connectivity index (χ0) is 22.2. The number of aryl methyl sites for hydroxylation is 1. The minimum Gasteiger partial charge on any atom is -0.493 e. The Balaban J connectivity index is 1.42. The van der Waals surface area contributed by atoms with E-state index in [4.69, 9.17) is 13.9 Å². The normalized spacial score (nSPS) is 17.6. The molecular weight excluding hydrogens is 392 g/mol. The first-order valence-electron chi connectivity index (χ1n) is 11.4. The van der Waals surface area contributed by atoms with Gasteiger partial charge in [0.05, 0.1) is 7.11 Å². The van der Waals surface area contributed by atoms with Gasteiger partial charge in [-0.3, -0.25) is 4.79 Å². The molecule has 31 heavy (non-hydrogen) atoms. The number of furan rings is 1. The van der Waals surface area contributed by atoms with Crippen molar-refractivity contribution in [1.82, 2.24) is 10.2 Å². The summed E-state index contributed by atoms with van der Waals surface area (Å²) in [6.07, 6.45) is 2.24. The average molecular weight is 429 g/mol. The maximum Gasteiger partial charge on any atom is 0.220 e. The monoisotopic (exact) mass is 428 g/mol. The highest BCUT2D eigenvalue weighted by Crippen LogP contribution is 2.47. The molecule has 0 saturated heterocycles. The van der Waals surface area contributed by atoms with E-state index in [9.17, 15) is 4.79 Å². The third-order valence-electron chi connectivity index (χ3n) is 6.03. The lowest BCUT2D eigenvalue weighted by molar-refractivity contribution is -0.121. The number of likely N-dealkylation sites (N-methyl/N-ethyl adjacent to an activating group) is 1. The molecule has 1 aliphatic carbocycles. The molecule has 2 atom stereocenters. The van der Waals surface area contributed by atoms with E-state index in [0.29, 0.717) is 37.7 Å². The van der Waals surface area contributed by atoms with Crippen molar-refractivity contribution in [2.75, 3.05) is 33.4 Å². The lowest BCUT2D eigenvalue weighted by Gasteiger charge is -2.19. The van der Waals surface area contributed by atoms with E-state index in [1.165, 1.54) is 6.42 Å². The smallest absolute Gasteiger partial charge is 0.220 e. The molecule has 0 bridgehead atoms. The summed E-state index contributed by atoms with van der Waals surface area (Å²) in [4.78, 5) is 14.6. The van der Waals surface area contributed by atoms with Crippen LogP contribution < -0.4 is 14.8 Å². The van der Waals surface area contributed by atoms with Gasteiger partial charge < -0.3 is 24.1 Å². The second kappa shape index (κ2) is 11.2. The molecule has 0 aliphatic heterocycles. The minimum absolute atomic E-state index is 0.0104. The first kappa shape index (κ1) is 23.2. The largest absolute Gasteiger partial charge is 0.493 e. The molecule has 2 aromatic rings. The number of amides is 1. The number of hydrogen-bond acceptors (Lipinski definition) is 5. The van der Waals surface area contributed by atoms with Gasteiger partial charge in [0.1, 0.15) is 18.1 Å². The summed E-state index contributed by atoms with van der Waals surface area (Å²) in [6, 6.07) is 9.84. The molecule has 6 nitrogen and oxygen atoms in total. The third-order valence-corrected chi connectivity index (χ3v) is 6.03. The Morgan fingerprint density at radius 3 is 2.65 bits per heavy atom. The molecule has 3 rings (SSSR count). The minimum atomic E-state index is 0.0104. The Morgan fingerprint density at radius 2 is 1.97 bits per heavy atom. The highest BCUT2D eigenvalue weighted by molar-refractivity contribution is 5.76. The van der Waals surface area contributed by atoms with Crippen molar-refractivity contribution in [2.45, 2.75) is 52.5 Å². The summed E-state index contributed by atoms with van der Waals surface area (Å²) in [7, 11) is 1.63. The van der Waals surface area contributed by atoms with Crippen LogP contribution in [0.15, 0.2) is 34.7 Å². The summed E-state index contributed by atoms with van der Waals surface area (Å²) in [6.45, 7) is 10.5. The summed E-state index contributed by atoms with van der Waals surface area (Å²) in [5.74, 6) is 4.66. The number of methoxy groups -OCH3 is 1. The van der Waals surface area contributed by atoms with Gasteiger partial charge in [0, 0.05) is 31.8 Å². The van der Waals surface area contributed by atoms with E-state index in [1.807, 2.05) is 24.3 Å². The molecule has 1 amide bonds. The SMILES string of the molecule is CCN(CC)CCOc1ccc(CNC(=O)CCc2ccc(C3CC3C)o2)cc1OC. The maximum atomic E-state index is 12.3. The highest BCUT2D eigenvalue weighted by atomic mass is 16.5. The van der Waals surface area contributed by atoms with Crippen LogP contribution in [0.2, 0.25) is 0 Å². The zero-order valence-corrected chi connectivity index (χ0v) is 19.3. The first-order valence-corrected chi connectivity index (χ1v) is 11.4. The fourth-order valence-electron chi connectivity index (χ4n) is 3.74. The number of benzene rings is 1. The van der Waals surface area contributed by atoms with Gasteiger partial charge in [-0.05, 0) is 55.3 Å². The standard InChI is InChI=1S/C25H36N2O4/c1-5-27(6-2)13-14-30-23-10-7-19(16-24(23)29-4)17-26-25(28)12-9-20-8-11-22(31-20)21-15-18(21)3/h7-8,10-11,16,18,21H,5-6,9,12-15,17H2,1-4H3,(H,26,28). The molecule has 1 heterocycles. The van der Waals surface area contributed by atoms with Gasteiger partial charge in [0.2, 0.25) is 5.91 Å². The van der Waals surface area contributed by atoms with E-state index < -0.39 is 0 Å². The van der Waals surface area contributed by atoms with Gasteiger partial charge in [-0.25, -0.2) is 0 Å². The van der Waals surface area contributed by atoms with Crippen molar-refractivity contribution in [1.29, 1.82) is 0 Å². The van der Waals surface area contributed by atoms with Crippen LogP contribution in [0.4, 0.5) is 0 Å². The Morgan fingerprint density at radius 1 is 1.19 bits per heavy atom. The molecule has 6 heteroatoms. The van der Waals surface area contributed by atoms with Gasteiger partial charge in [0.25, 0.3) is 0 Å². The van der Waals surface area contributed by atoms with Gasteiger partial charge in [-0.2, -0.15) is 0 Å². The Kier molecular flexibility index (Phi) is 8.41. The topological polar surface area (TPSA) is 63.9 Å². The molecule has 1 N–H and O–H groups in total. The summed E-state index contributed by atoms with van der Waals surface area (Å²) >= 11 is 0. The van der Waals surface area contributed by atoms with Crippen LogP contribution in [0.3, 0.4) is 0 Å². The molecular formula is C25H36N2O4. The second-order valence-electron chi connectivity index (χ2n) is 8.26. The number of ether oxygens (including phenoxy) is 2. The maximum absolute atomic E-state index is 12.3. The van der Waals surface area contributed by atoms with E-state index >= 15 is 0 Å². The Bertz CT molecular complexity index is 844. The van der Waals surface area contributed by atoms with E-state index in [2.05, 4.69) is 37.1 Å². The molecule has 1 aromatic heterocycles. The number of nitrogens with zero attached hydrogens (tertiary/aromatic N) is 1. The fraction of sp³-hybridized carbons (Fsp3) is 0.560. The molecule has 1 fully saturated rings. The zero-order valence-electron chi connectivity index (χ0n) is 19.3. The fourth-order valence-corrected chi connectivity index (χ4v) is 3.74. The quantitative estimate of drug-likeness (QED) is 0.513. The number of rotatable bonds is 13. The van der Waals surface area contributed by atoms with Crippen molar-refractivity contribution in [3.05, 3.63) is 47.4 Å². The van der Waals surface area contributed by atoms with Crippen molar-refractivity contribution < 1.29 is 18.7 Å². The number of hydrogen-bond donors (Lipinski definition) is 1. The van der Waals surface area contributed by atoms with Gasteiger partial charge in [0.15, 0.2) is 11.5 Å². The molecule has 2 unspecified atom stereocenters. The summed E-state index contributed by atoms with van der Waals surface area (Å²) in [5.41, 5.74) is 0.976. The van der Waals surface area contributed by atoms with Gasteiger partial charge >= 0.3 is 0 Å². The Hall–Kier alpha value is -2.47. The highest BCUT2D eigenvalue weighted by Gasteiger charge is 2.36. The van der Waals surface area contributed by atoms with E-state index in [-0.39, 0.29) is 5.91 Å². The molecule has 0 radical (unpaired) electrons. The first-order chi connectivity index (χ1) is 15.0. The average Bonchev–Trinajstić information content (AvgIpc) is 3.33. The van der Waals surface area contributed by atoms with Crippen LogP contribution in [0.5, 0.6) is 11.5 Å². The van der Waals surface area contributed by atoms with Crippen LogP contribution in [0.1, 0.15) is 56.6 Å². The van der Waals surface area contributed by atoms with Crippen molar-refractivity contribution in [3.8, 4) is 11.5 Å². The van der Waals surface area contributed by atoms with Crippen molar-refractivity contribution in [2.24, 2.45) is 5.92 Å². The predicted molar refractivity (Wildman–Crippen MR) is 122 cm³/mol. The van der Waals surface area contributed by atoms with Gasteiger partial charge in [-0.15, -0.1) is 0 Å². The summed E-state index contributed by atoms with van der Waals surface area (Å²) in [5, 5.41) is 2.98. The van der Waals surface area contributed by atoms with Crippen LogP contribution in [0.25, 0.3) is 0 Å². The van der Waals surface area contributed by atoms with Crippen molar-refractivity contribution in [3.63, 3.8) is 0 Å². The molecule has 1 aromatic carbocycles. The van der Waals surface area contributed by atoms with Gasteiger partial charge in [-0.1, -0.05) is 26.8 Å². The number of nitrogens with one attached hydrogen (secondary N) is 1. The lowest BCUT2D eigenvalue weighted by Crippen LogP contribution is -2.28. The molecule has 1 aliphatic rings. The predicted octanol–water partition coefficient (Wildman–Crippen LogP) is 4.38. The van der Waals surface area contributed by atoms with E-state index in [0.717, 1.165) is 48.4 Å². The number of carbonyl (C=O) groups is 1. The van der Waals surface area contributed by atoms with Crippen LogP contribution in [-0.2, 0) is 17.8 Å². The Labute approximate surface area is 185 Å². The van der Waals surface area contributed by atoms with E-state index in [1.54, 1.807) is 7.11 Å². The molecule has 170 valence electrons. The second-order valence-corrected chi connectivity index (χ2v) is 8.26. The third kappa shape index (κ3) is 6.76. The number of carbonyl (C=O) groups excluding carboxylic acids is 1. The summed E-state index contributed by atoms with van der Waals surface area (Å²) < 4.78 is 17.3. The van der Waals surface area contributed by atoms with Crippen molar-refractivity contribution >= 4 is 5.91 Å². The van der Waals surface area contributed by atoms with Crippen LogP contribution in [-0.4, -0.2) is 44.2 Å². The molecule has 1 saturated carbocycles. The van der Waals surface area contributed by atoms with Crippen LogP contribution >= 0.6 is 0 Å². The lowest BCUT2D eigenvalue weighted by atomic mass is 10.2. The van der Waals surface area contributed by atoms with Crippen LogP contribution in [0, 0.1) is 5.92 Å². The molecule has 0 spiro atoms.